The second-order valence-electron chi connectivity index (χ2n) is 10.1. The van der Waals surface area contributed by atoms with Gasteiger partial charge in [0.25, 0.3) is 0 Å². The Morgan fingerprint density at radius 1 is 1.22 bits per heavy atom. The number of hydrogen-bond acceptors (Lipinski definition) is 5. The number of aromatic nitrogens is 2. The van der Waals surface area contributed by atoms with Crippen LogP contribution in [0.3, 0.4) is 0 Å². The quantitative estimate of drug-likeness (QED) is 0.434. The number of anilines is 1. The van der Waals surface area contributed by atoms with E-state index in [1.165, 1.54) is 11.1 Å². The number of nitrogens with zero attached hydrogens (tertiary/aromatic N) is 2. The maximum atomic E-state index is 12.9. The number of benzene rings is 1. The standard InChI is InChI=1S/C25H31N3O3Si/c1-25(2,3)32(4,5)31-16-28-14-19(15-29)23(30)22-12-21(13-26-24(22)28)27-20-10-17-8-6-7-9-18(17)11-20/h6-9,12-15,20,27H,10-11,16H2,1-5H3. The summed E-state index contributed by atoms with van der Waals surface area (Å²) in [7, 11) is -2.01. The van der Waals surface area contributed by atoms with E-state index in [4.69, 9.17) is 4.43 Å². The van der Waals surface area contributed by atoms with Crippen molar-refractivity contribution in [3.05, 3.63) is 69.6 Å². The van der Waals surface area contributed by atoms with Crippen molar-refractivity contribution in [1.29, 1.82) is 0 Å². The zero-order chi connectivity index (χ0) is 23.1. The summed E-state index contributed by atoms with van der Waals surface area (Å²) in [5, 5.41) is 4.00. The fourth-order valence-electron chi connectivity index (χ4n) is 3.90. The van der Waals surface area contributed by atoms with Gasteiger partial charge in [0, 0.05) is 12.2 Å². The van der Waals surface area contributed by atoms with Crippen molar-refractivity contribution in [2.45, 2.75) is 64.5 Å². The number of aldehydes is 1. The summed E-state index contributed by atoms with van der Waals surface area (Å²) in [5.41, 5.74) is 3.83. The molecule has 0 aliphatic heterocycles. The summed E-state index contributed by atoms with van der Waals surface area (Å²) in [6.45, 7) is 11.1. The number of fused-ring (bicyclic) bond motifs is 2. The van der Waals surface area contributed by atoms with E-state index in [0.717, 1.165) is 18.5 Å². The molecule has 1 aliphatic carbocycles. The van der Waals surface area contributed by atoms with Crippen molar-refractivity contribution < 1.29 is 9.22 Å². The Labute approximate surface area is 189 Å². The summed E-state index contributed by atoms with van der Waals surface area (Å²) in [6, 6.07) is 10.5. The maximum Gasteiger partial charge on any atom is 0.201 e. The van der Waals surface area contributed by atoms with Crippen LogP contribution in [-0.2, 0) is 24.0 Å². The van der Waals surface area contributed by atoms with Crippen LogP contribution in [0.15, 0.2) is 47.5 Å². The van der Waals surface area contributed by atoms with Crippen molar-refractivity contribution in [3.63, 3.8) is 0 Å². The third-order valence-electron chi connectivity index (χ3n) is 6.86. The molecule has 32 heavy (non-hydrogen) atoms. The van der Waals surface area contributed by atoms with Gasteiger partial charge in [-0.3, -0.25) is 9.59 Å². The highest BCUT2D eigenvalue weighted by Gasteiger charge is 2.37. The number of rotatable bonds is 6. The summed E-state index contributed by atoms with van der Waals surface area (Å²) in [5.74, 6) is 0. The molecule has 6 nitrogen and oxygen atoms in total. The topological polar surface area (TPSA) is 73.2 Å². The van der Waals surface area contributed by atoms with Gasteiger partial charge in [0.15, 0.2) is 14.6 Å². The first kappa shape index (κ1) is 22.4. The van der Waals surface area contributed by atoms with Gasteiger partial charge >= 0.3 is 0 Å². The molecule has 0 saturated heterocycles. The molecular weight excluding hydrogens is 418 g/mol. The highest BCUT2D eigenvalue weighted by Crippen LogP contribution is 2.36. The molecule has 0 amide bonds. The highest BCUT2D eigenvalue weighted by atomic mass is 28.4. The molecule has 0 radical (unpaired) electrons. The number of carbonyl (C=O) groups is 1. The molecule has 0 spiro atoms. The molecule has 2 heterocycles. The fourth-order valence-corrected chi connectivity index (χ4v) is 4.80. The molecule has 3 aromatic rings. The molecule has 0 unspecified atom stereocenters. The molecule has 1 N–H and O–H groups in total. The van der Waals surface area contributed by atoms with Gasteiger partial charge in [0.1, 0.15) is 12.4 Å². The molecule has 0 saturated carbocycles. The molecule has 0 fully saturated rings. The fraction of sp³-hybridized carbons (Fsp3) is 0.400. The monoisotopic (exact) mass is 449 g/mol. The molecule has 2 aromatic heterocycles. The lowest BCUT2D eigenvalue weighted by Crippen LogP contribution is -2.41. The van der Waals surface area contributed by atoms with Crippen molar-refractivity contribution in [2.24, 2.45) is 0 Å². The van der Waals surface area contributed by atoms with Gasteiger partial charge in [0.2, 0.25) is 5.43 Å². The van der Waals surface area contributed by atoms with Crippen LogP contribution in [0.25, 0.3) is 11.0 Å². The number of nitrogens with one attached hydrogen (secondary N) is 1. The smallest absolute Gasteiger partial charge is 0.201 e. The number of pyridine rings is 2. The summed E-state index contributed by atoms with van der Waals surface area (Å²) in [6.07, 6.45) is 5.80. The third-order valence-corrected chi connectivity index (χ3v) is 11.3. The molecule has 168 valence electrons. The number of carbonyl (C=O) groups excluding carboxylic acids is 1. The lowest BCUT2D eigenvalue weighted by atomic mass is 10.1. The summed E-state index contributed by atoms with van der Waals surface area (Å²) < 4.78 is 8.10. The minimum atomic E-state index is -2.01. The first-order chi connectivity index (χ1) is 15.1. The lowest BCUT2D eigenvalue weighted by Gasteiger charge is -2.36. The Bertz CT molecular complexity index is 1200. The Kier molecular flexibility index (Phi) is 5.81. The van der Waals surface area contributed by atoms with Crippen LogP contribution in [0.1, 0.15) is 42.3 Å². The van der Waals surface area contributed by atoms with E-state index in [0.29, 0.717) is 17.3 Å². The van der Waals surface area contributed by atoms with E-state index < -0.39 is 8.32 Å². The summed E-state index contributed by atoms with van der Waals surface area (Å²) >= 11 is 0. The van der Waals surface area contributed by atoms with E-state index in [-0.39, 0.29) is 28.8 Å². The minimum absolute atomic E-state index is 0.0543. The first-order valence-electron chi connectivity index (χ1n) is 11.0. The van der Waals surface area contributed by atoms with Crippen molar-refractivity contribution >= 4 is 31.3 Å². The molecule has 1 aliphatic rings. The molecule has 4 rings (SSSR count). The Balaban J connectivity index is 1.63. The van der Waals surface area contributed by atoms with Crippen molar-refractivity contribution in [3.8, 4) is 0 Å². The van der Waals surface area contributed by atoms with Crippen LogP contribution in [0.5, 0.6) is 0 Å². The van der Waals surface area contributed by atoms with Gasteiger partial charge in [-0.2, -0.15) is 0 Å². The second kappa shape index (κ2) is 8.29. The van der Waals surface area contributed by atoms with Crippen LogP contribution in [-0.4, -0.2) is 30.2 Å². The zero-order valence-electron chi connectivity index (χ0n) is 19.4. The average molecular weight is 450 g/mol. The predicted octanol–water partition coefficient (Wildman–Crippen LogP) is 4.77. The van der Waals surface area contributed by atoms with Gasteiger partial charge in [-0.1, -0.05) is 45.0 Å². The van der Waals surface area contributed by atoms with E-state index in [1.807, 2.05) is 6.07 Å². The largest absolute Gasteiger partial charge is 0.399 e. The molecule has 0 bridgehead atoms. The highest BCUT2D eigenvalue weighted by molar-refractivity contribution is 6.74. The molecule has 1 aromatic carbocycles. The van der Waals surface area contributed by atoms with Crippen LogP contribution in [0.2, 0.25) is 18.1 Å². The van der Waals surface area contributed by atoms with Crippen LogP contribution >= 0.6 is 0 Å². The predicted molar refractivity (Wildman–Crippen MR) is 131 cm³/mol. The van der Waals surface area contributed by atoms with Gasteiger partial charge in [-0.05, 0) is 48.2 Å². The van der Waals surface area contributed by atoms with E-state index in [2.05, 4.69) is 68.4 Å². The summed E-state index contributed by atoms with van der Waals surface area (Å²) in [4.78, 5) is 29.1. The van der Waals surface area contributed by atoms with Crippen LogP contribution < -0.4 is 10.7 Å². The first-order valence-corrected chi connectivity index (χ1v) is 14.0. The molecule has 7 heteroatoms. The van der Waals surface area contributed by atoms with Gasteiger partial charge in [-0.15, -0.1) is 0 Å². The van der Waals surface area contributed by atoms with E-state index in [9.17, 15) is 9.59 Å². The van der Waals surface area contributed by atoms with Crippen molar-refractivity contribution in [1.82, 2.24) is 9.55 Å². The maximum absolute atomic E-state index is 12.9. The number of hydrogen-bond donors (Lipinski definition) is 1. The minimum Gasteiger partial charge on any atom is -0.399 e. The normalized spacial score (nSPS) is 14.5. The third kappa shape index (κ3) is 4.27. The Hall–Kier alpha value is -2.77. The Morgan fingerprint density at radius 2 is 1.88 bits per heavy atom. The molecular formula is C25H31N3O3Si. The van der Waals surface area contributed by atoms with Gasteiger partial charge in [0.05, 0.1) is 22.8 Å². The van der Waals surface area contributed by atoms with E-state index in [1.54, 1.807) is 17.0 Å². The van der Waals surface area contributed by atoms with E-state index >= 15 is 0 Å². The zero-order valence-corrected chi connectivity index (χ0v) is 20.4. The molecule has 0 atom stereocenters. The Morgan fingerprint density at radius 3 is 2.47 bits per heavy atom. The SMILES string of the molecule is CC(C)(C)[Si](C)(C)OCn1cc(C=O)c(=O)c2cc(NC3Cc4ccccc4C3)cnc21. The van der Waals surface area contributed by atoms with Gasteiger partial charge in [-0.25, -0.2) is 4.98 Å². The van der Waals surface area contributed by atoms with Crippen molar-refractivity contribution in [2.75, 3.05) is 5.32 Å². The van der Waals surface area contributed by atoms with Gasteiger partial charge < -0.3 is 14.3 Å². The van der Waals surface area contributed by atoms with Crippen LogP contribution in [0.4, 0.5) is 5.69 Å². The van der Waals surface area contributed by atoms with Crippen LogP contribution in [0, 0.1) is 0 Å². The average Bonchev–Trinajstić information content (AvgIpc) is 3.15. The lowest BCUT2D eigenvalue weighted by molar-refractivity contribution is 0.112. The second-order valence-corrected chi connectivity index (χ2v) is 15.0.